The second-order valence-corrected chi connectivity index (χ2v) is 8.16. The maximum Gasteiger partial charge on any atom is 0.257 e. The highest BCUT2D eigenvalue weighted by molar-refractivity contribution is 7.80. The van der Waals surface area contributed by atoms with E-state index in [2.05, 4.69) is 17.6 Å². The van der Waals surface area contributed by atoms with Crippen molar-refractivity contribution in [2.45, 2.75) is 52.9 Å². The highest BCUT2D eigenvalue weighted by atomic mass is 32.1. The molecule has 0 spiro atoms. The van der Waals surface area contributed by atoms with Crippen molar-refractivity contribution in [2.24, 2.45) is 0 Å². The summed E-state index contributed by atoms with van der Waals surface area (Å²) in [4.78, 5) is 26.6. The van der Waals surface area contributed by atoms with Crippen LogP contribution in [-0.4, -0.2) is 41.5 Å². The summed E-state index contributed by atoms with van der Waals surface area (Å²) < 4.78 is 5.74. The molecule has 0 saturated heterocycles. The summed E-state index contributed by atoms with van der Waals surface area (Å²) in [7, 11) is 0. The van der Waals surface area contributed by atoms with Crippen molar-refractivity contribution < 1.29 is 14.3 Å². The predicted octanol–water partition coefficient (Wildman–Crippen LogP) is 5.64. The molecule has 0 radical (unpaired) electrons. The van der Waals surface area contributed by atoms with Gasteiger partial charge in [-0.15, -0.1) is 0 Å². The third-order valence-corrected chi connectivity index (χ3v) is 5.50. The van der Waals surface area contributed by atoms with Crippen LogP contribution >= 0.6 is 12.2 Å². The van der Waals surface area contributed by atoms with E-state index < -0.39 is 0 Å². The van der Waals surface area contributed by atoms with Crippen LogP contribution < -0.4 is 15.4 Å². The fraction of sp³-hybridized carbons (Fsp3) is 0.423. The Hall–Kier alpha value is -2.93. The molecule has 33 heavy (non-hydrogen) atoms. The number of nitrogens with zero attached hydrogens (tertiary/aromatic N) is 1. The predicted molar refractivity (Wildman–Crippen MR) is 138 cm³/mol. The van der Waals surface area contributed by atoms with E-state index in [0.717, 1.165) is 12.2 Å². The Labute approximate surface area is 202 Å². The molecule has 6 nitrogen and oxygen atoms in total. The SMILES string of the molecule is CCCCCCCOc1ccc(C(=O)NC(=S)Nc2ccc(C(=O)N(CC)CC)cc2)cc1. The third-order valence-electron chi connectivity index (χ3n) is 5.30. The highest BCUT2D eigenvalue weighted by Gasteiger charge is 2.13. The van der Waals surface area contributed by atoms with E-state index in [4.69, 9.17) is 17.0 Å². The lowest BCUT2D eigenvalue weighted by molar-refractivity contribution is 0.0772. The van der Waals surface area contributed by atoms with Crippen LogP contribution in [0.25, 0.3) is 0 Å². The van der Waals surface area contributed by atoms with Crippen LogP contribution in [-0.2, 0) is 0 Å². The molecule has 0 fully saturated rings. The first kappa shape index (κ1) is 26.3. The zero-order valence-electron chi connectivity index (χ0n) is 19.9. The van der Waals surface area contributed by atoms with Gasteiger partial charge in [0.15, 0.2) is 5.11 Å². The van der Waals surface area contributed by atoms with Gasteiger partial charge in [0.2, 0.25) is 0 Å². The minimum atomic E-state index is -0.299. The summed E-state index contributed by atoms with van der Waals surface area (Å²) >= 11 is 5.26. The quantitative estimate of drug-likeness (QED) is 0.311. The van der Waals surface area contributed by atoms with Gasteiger partial charge in [-0.1, -0.05) is 32.6 Å². The number of anilines is 1. The summed E-state index contributed by atoms with van der Waals surface area (Å²) in [5, 5.41) is 5.84. The summed E-state index contributed by atoms with van der Waals surface area (Å²) in [5.74, 6) is 0.445. The largest absolute Gasteiger partial charge is 0.494 e. The minimum Gasteiger partial charge on any atom is -0.494 e. The summed E-state index contributed by atoms with van der Waals surface area (Å²) in [5.41, 5.74) is 1.80. The summed E-state index contributed by atoms with van der Waals surface area (Å²) in [6, 6.07) is 14.1. The van der Waals surface area contributed by atoms with Crippen LogP contribution in [0.5, 0.6) is 5.75 Å². The lowest BCUT2D eigenvalue weighted by Crippen LogP contribution is -2.34. The lowest BCUT2D eigenvalue weighted by atomic mass is 10.1. The molecule has 0 aliphatic carbocycles. The number of unbranched alkanes of at least 4 members (excludes halogenated alkanes) is 4. The van der Waals surface area contributed by atoms with Gasteiger partial charge in [-0.2, -0.15) is 0 Å². The van der Waals surface area contributed by atoms with E-state index in [0.29, 0.717) is 36.5 Å². The number of carbonyl (C=O) groups excluding carboxylic acids is 2. The molecule has 2 aromatic rings. The molecular weight excluding hydrogens is 434 g/mol. The van der Waals surface area contributed by atoms with Gasteiger partial charge in [-0.05, 0) is 81.0 Å². The number of hydrogen-bond acceptors (Lipinski definition) is 4. The van der Waals surface area contributed by atoms with Gasteiger partial charge in [0.25, 0.3) is 11.8 Å². The monoisotopic (exact) mass is 469 g/mol. The fourth-order valence-corrected chi connectivity index (χ4v) is 3.54. The van der Waals surface area contributed by atoms with Crippen LogP contribution in [0.4, 0.5) is 5.69 Å². The first-order valence-corrected chi connectivity index (χ1v) is 12.1. The van der Waals surface area contributed by atoms with Crippen molar-refractivity contribution in [1.82, 2.24) is 10.2 Å². The van der Waals surface area contributed by atoms with Crippen LogP contribution in [0.3, 0.4) is 0 Å². The third kappa shape index (κ3) is 8.85. The maximum absolute atomic E-state index is 12.5. The number of carbonyl (C=O) groups is 2. The molecule has 2 N–H and O–H groups in total. The first-order chi connectivity index (χ1) is 16.0. The molecule has 0 heterocycles. The zero-order chi connectivity index (χ0) is 24.1. The summed E-state index contributed by atoms with van der Waals surface area (Å²) in [6.45, 7) is 8.12. The molecule has 2 amide bonds. The Kier molecular flexibility index (Phi) is 11.4. The first-order valence-electron chi connectivity index (χ1n) is 11.7. The lowest BCUT2D eigenvalue weighted by Gasteiger charge is -2.18. The van der Waals surface area contributed by atoms with E-state index in [-0.39, 0.29) is 16.9 Å². The van der Waals surface area contributed by atoms with Crippen molar-refractivity contribution in [1.29, 1.82) is 0 Å². The van der Waals surface area contributed by atoms with Gasteiger partial charge in [0.1, 0.15) is 5.75 Å². The maximum atomic E-state index is 12.5. The van der Waals surface area contributed by atoms with Gasteiger partial charge in [0.05, 0.1) is 6.61 Å². The number of thiocarbonyl (C=S) groups is 1. The Morgan fingerprint density at radius 1 is 0.848 bits per heavy atom. The van der Waals surface area contributed by atoms with Crippen LogP contribution in [0, 0.1) is 0 Å². The molecule has 0 bridgehead atoms. The number of hydrogen-bond donors (Lipinski definition) is 2. The van der Waals surface area contributed by atoms with Gasteiger partial charge < -0.3 is 15.0 Å². The molecule has 178 valence electrons. The number of nitrogens with one attached hydrogen (secondary N) is 2. The Morgan fingerprint density at radius 3 is 2.06 bits per heavy atom. The molecule has 0 unspecified atom stereocenters. The molecule has 2 aromatic carbocycles. The topological polar surface area (TPSA) is 70.7 Å². The number of rotatable bonds is 12. The van der Waals surface area contributed by atoms with Crippen molar-refractivity contribution >= 4 is 34.8 Å². The van der Waals surface area contributed by atoms with Crippen molar-refractivity contribution in [3.05, 3.63) is 59.7 Å². The van der Waals surface area contributed by atoms with Crippen LogP contribution in [0.2, 0.25) is 0 Å². The van der Waals surface area contributed by atoms with Crippen LogP contribution in [0.15, 0.2) is 48.5 Å². The average molecular weight is 470 g/mol. The van der Waals surface area contributed by atoms with E-state index >= 15 is 0 Å². The molecule has 7 heteroatoms. The van der Waals surface area contributed by atoms with Gasteiger partial charge in [-0.25, -0.2) is 0 Å². The molecule has 0 saturated carbocycles. The number of ether oxygens (including phenoxy) is 1. The normalized spacial score (nSPS) is 10.4. The van der Waals surface area contributed by atoms with Crippen molar-refractivity contribution in [2.75, 3.05) is 25.0 Å². The van der Waals surface area contributed by atoms with Gasteiger partial charge in [-0.3, -0.25) is 14.9 Å². The fourth-order valence-electron chi connectivity index (χ4n) is 3.33. The molecule has 2 rings (SSSR count). The molecule has 0 aliphatic heterocycles. The Morgan fingerprint density at radius 2 is 1.45 bits per heavy atom. The van der Waals surface area contributed by atoms with Crippen LogP contribution in [0.1, 0.15) is 73.6 Å². The second-order valence-electron chi connectivity index (χ2n) is 7.75. The number of amides is 2. The zero-order valence-corrected chi connectivity index (χ0v) is 20.7. The smallest absolute Gasteiger partial charge is 0.257 e. The van der Waals surface area contributed by atoms with E-state index in [1.807, 2.05) is 13.8 Å². The summed E-state index contributed by atoms with van der Waals surface area (Å²) in [6.07, 6.45) is 5.95. The highest BCUT2D eigenvalue weighted by Crippen LogP contribution is 2.14. The average Bonchev–Trinajstić information content (AvgIpc) is 2.82. The van der Waals surface area contributed by atoms with Crippen molar-refractivity contribution in [3.8, 4) is 5.75 Å². The van der Waals surface area contributed by atoms with E-state index in [1.54, 1.807) is 53.4 Å². The van der Waals surface area contributed by atoms with E-state index in [1.165, 1.54) is 25.7 Å². The van der Waals surface area contributed by atoms with Gasteiger partial charge >= 0.3 is 0 Å². The second kappa shape index (κ2) is 14.3. The minimum absolute atomic E-state index is 0.00801. The Bertz CT molecular complexity index is 894. The Balaban J connectivity index is 1.80. The van der Waals surface area contributed by atoms with Crippen molar-refractivity contribution in [3.63, 3.8) is 0 Å². The van der Waals surface area contributed by atoms with Gasteiger partial charge in [0, 0.05) is 29.9 Å². The molecule has 0 aliphatic rings. The molecular formula is C26H35N3O3S. The standard InChI is InChI=1S/C26H35N3O3S/c1-4-7-8-9-10-19-32-23-17-13-20(14-18-23)24(30)28-26(33)27-22-15-11-21(12-16-22)25(31)29(5-2)6-3/h11-18H,4-10,19H2,1-3H3,(H2,27,28,30,33). The molecule has 0 aromatic heterocycles. The van der Waals surface area contributed by atoms with E-state index in [9.17, 15) is 9.59 Å². The number of benzene rings is 2. The molecule has 0 atom stereocenters.